The lowest BCUT2D eigenvalue weighted by molar-refractivity contribution is -0.133. The zero-order chi connectivity index (χ0) is 15.5. The maximum absolute atomic E-state index is 12.6. The molecule has 3 nitrogen and oxygen atoms in total. The van der Waals surface area contributed by atoms with Gasteiger partial charge in [0.2, 0.25) is 5.91 Å². The monoisotopic (exact) mass is 288 g/mol. The lowest BCUT2D eigenvalue weighted by atomic mass is 9.68. The van der Waals surface area contributed by atoms with E-state index in [9.17, 15) is 4.79 Å². The highest BCUT2D eigenvalue weighted by molar-refractivity contribution is 5.82. The number of nitrogens with one attached hydrogen (secondary N) is 1. The van der Waals surface area contributed by atoms with Gasteiger partial charge in [-0.15, -0.1) is 0 Å². The minimum Gasteiger partial charge on any atom is -0.348 e. The third-order valence-corrected chi connectivity index (χ3v) is 5.10. The first kappa shape index (κ1) is 16.0. The van der Waals surface area contributed by atoms with Gasteiger partial charge in [-0.3, -0.25) is 9.78 Å². The molecule has 1 aliphatic carbocycles. The van der Waals surface area contributed by atoms with Gasteiger partial charge in [0.15, 0.2) is 0 Å². The molecular formula is C18H28N2O. The molecule has 116 valence electrons. The fourth-order valence-electron chi connectivity index (χ4n) is 3.25. The number of amides is 1. The Balaban J connectivity index is 1.94. The van der Waals surface area contributed by atoms with Crippen LogP contribution >= 0.6 is 0 Å². The van der Waals surface area contributed by atoms with E-state index in [1.807, 2.05) is 25.1 Å². The first-order valence-electron chi connectivity index (χ1n) is 8.14. The molecule has 3 heteroatoms. The van der Waals surface area contributed by atoms with E-state index in [1.54, 1.807) is 6.20 Å². The predicted octanol–water partition coefficient (Wildman–Crippen LogP) is 4.11. The summed E-state index contributed by atoms with van der Waals surface area (Å²) in [5.74, 6) is 1.69. The summed E-state index contributed by atoms with van der Waals surface area (Å²) >= 11 is 0. The van der Waals surface area contributed by atoms with Crippen LogP contribution in [0.3, 0.4) is 0 Å². The van der Waals surface area contributed by atoms with Crippen LogP contribution in [0.2, 0.25) is 0 Å². The van der Waals surface area contributed by atoms with Gasteiger partial charge >= 0.3 is 0 Å². The highest BCUT2D eigenvalue weighted by atomic mass is 16.2. The molecule has 1 aliphatic rings. The molecule has 0 saturated heterocycles. The van der Waals surface area contributed by atoms with Crippen LogP contribution in [0.5, 0.6) is 0 Å². The summed E-state index contributed by atoms with van der Waals surface area (Å²) < 4.78 is 0. The third-order valence-electron chi connectivity index (χ3n) is 5.10. The van der Waals surface area contributed by atoms with Gasteiger partial charge in [0, 0.05) is 11.6 Å². The molecular weight excluding hydrogens is 260 g/mol. The smallest absolute Gasteiger partial charge is 0.226 e. The Morgan fingerprint density at radius 1 is 1.29 bits per heavy atom. The highest BCUT2D eigenvalue weighted by Crippen LogP contribution is 2.41. The van der Waals surface area contributed by atoms with Gasteiger partial charge in [-0.2, -0.15) is 0 Å². The zero-order valence-corrected chi connectivity index (χ0v) is 13.7. The number of rotatable bonds is 4. The molecule has 0 aliphatic heterocycles. The van der Waals surface area contributed by atoms with Gasteiger partial charge in [0.25, 0.3) is 0 Å². The van der Waals surface area contributed by atoms with E-state index in [2.05, 4.69) is 31.1 Å². The molecule has 1 amide bonds. The fourth-order valence-corrected chi connectivity index (χ4v) is 3.25. The van der Waals surface area contributed by atoms with Crippen molar-refractivity contribution >= 4 is 5.91 Å². The topological polar surface area (TPSA) is 42.0 Å². The van der Waals surface area contributed by atoms with Crippen LogP contribution < -0.4 is 5.32 Å². The van der Waals surface area contributed by atoms with Crippen molar-refractivity contribution in [3.63, 3.8) is 0 Å². The van der Waals surface area contributed by atoms with E-state index in [1.165, 1.54) is 12.8 Å². The van der Waals surface area contributed by atoms with E-state index < -0.39 is 0 Å². The van der Waals surface area contributed by atoms with Crippen LogP contribution in [0.1, 0.15) is 65.1 Å². The molecule has 1 N–H and O–H groups in total. The third kappa shape index (κ3) is 3.84. The normalized spacial score (nSPS) is 27.4. The summed E-state index contributed by atoms with van der Waals surface area (Å²) in [6.45, 7) is 8.69. The largest absolute Gasteiger partial charge is 0.348 e. The zero-order valence-electron chi connectivity index (χ0n) is 13.7. The molecule has 21 heavy (non-hydrogen) atoms. The molecule has 2 rings (SSSR count). The average Bonchev–Trinajstić information content (AvgIpc) is 2.48. The molecule has 1 saturated carbocycles. The van der Waals surface area contributed by atoms with Crippen LogP contribution in [0.15, 0.2) is 24.4 Å². The molecule has 0 bridgehead atoms. The maximum Gasteiger partial charge on any atom is 0.226 e. The lowest BCUT2D eigenvalue weighted by Gasteiger charge is -2.38. The Kier molecular flexibility index (Phi) is 5.02. The first-order valence-corrected chi connectivity index (χ1v) is 8.14. The molecule has 1 aromatic heterocycles. The Labute approximate surface area is 128 Å². The van der Waals surface area contributed by atoms with Crippen LogP contribution in [0, 0.1) is 17.3 Å². The number of hydrogen-bond donors (Lipinski definition) is 1. The molecule has 1 unspecified atom stereocenters. The SMILES string of the molecule is CC(NC(=O)C1(C)CCC(C(C)C)CC1)c1ccccn1. The summed E-state index contributed by atoms with van der Waals surface area (Å²) in [5, 5.41) is 3.15. The van der Waals surface area contributed by atoms with E-state index in [0.29, 0.717) is 0 Å². The Morgan fingerprint density at radius 3 is 2.48 bits per heavy atom. The number of nitrogens with zero attached hydrogens (tertiary/aromatic N) is 1. The van der Waals surface area contributed by atoms with Crippen molar-refractivity contribution in [2.45, 2.75) is 59.4 Å². The van der Waals surface area contributed by atoms with Crippen molar-refractivity contribution in [1.82, 2.24) is 10.3 Å². The minimum absolute atomic E-state index is 0.0293. The van der Waals surface area contributed by atoms with Crippen LogP contribution in [-0.2, 0) is 4.79 Å². The second-order valence-electron chi connectivity index (χ2n) is 7.09. The van der Waals surface area contributed by atoms with Crippen molar-refractivity contribution < 1.29 is 4.79 Å². The second-order valence-corrected chi connectivity index (χ2v) is 7.09. The van der Waals surface area contributed by atoms with Crippen LogP contribution in [0.4, 0.5) is 0 Å². The highest BCUT2D eigenvalue weighted by Gasteiger charge is 2.38. The summed E-state index contributed by atoms with van der Waals surface area (Å²) in [6, 6.07) is 5.79. The second kappa shape index (κ2) is 6.59. The molecule has 1 fully saturated rings. The molecule has 0 aromatic carbocycles. The van der Waals surface area contributed by atoms with Gasteiger partial charge < -0.3 is 5.32 Å². The van der Waals surface area contributed by atoms with Gasteiger partial charge in [0.05, 0.1) is 11.7 Å². The van der Waals surface area contributed by atoms with Crippen LogP contribution in [-0.4, -0.2) is 10.9 Å². The summed E-state index contributed by atoms with van der Waals surface area (Å²) in [4.78, 5) is 17.0. The predicted molar refractivity (Wildman–Crippen MR) is 85.7 cm³/mol. The van der Waals surface area contributed by atoms with Crippen molar-refractivity contribution in [2.75, 3.05) is 0 Å². The number of carbonyl (C=O) groups excluding carboxylic acids is 1. The fraction of sp³-hybridized carbons (Fsp3) is 0.667. The van der Waals surface area contributed by atoms with Gasteiger partial charge in [-0.1, -0.05) is 26.8 Å². The molecule has 0 spiro atoms. The molecule has 1 aromatic rings. The first-order chi connectivity index (χ1) is 9.92. The van der Waals surface area contributed by atoms with Crippen molar-refractivity contribution in [3.8, 4) is 0 Å². The summed E-state index contributed by atoms with van der Waals surface area (Å²) in [7, 11) is 0. The van der Waals surface area contributed by atoms with E-state index in [0.717, 1.165) is 30.4 Å². The lowest BCUT2D eigenvalue weighted by Crippen LogP contribution is -2.42. The summed E-state index contributed by atoms with van der Waals surface area (Å²) in [5.41, 5.74) is 0.708. The Bertz CT molecular complexity index is 461. The number of carbonyl (C=O) groups is 1. The van der Waals surface area contributed by atoms with Crippen molar-refractivity contribution in [2.24, 2.45) is 17.3 Å². The minimum atomic E-state index is -0.214. The Hall–Kier alpha value is -1.38. The quantitative estimate of drug-likeness (QED) is 0.906. The van der Waals surface area contributed by atoms with Crippen molar-refractivity contribution in [3.05, 3.63) is 30.1 Å². The molecule has 0 radical (unpaired) electrons. The van der Waals surface area contributed by atoms with Crippen LogP contribution in [0.25, 0.3) is 0 Å². The standard InChI is InChI=1S/C18H28N2O/c1-13(2)15-8-10-18(4,11-9-15)17(21)20-14(3)16-7-5-6-12-19-16/h5-7,12-15H,8-11H2,1-4H3,(H,20,21). The van der Waals surface area contributed by atoms with E-state index in [4.69, 9.17) is 0 Å². The number of hydrogen-bond acceptors (Lipinski definition) is 2. The van der Waals surface area contributed by atoms with E-state index >= 15 is 0 Å². The van der Waals surface area contributed by atoms with Gasteiger partial charge in [-0.25, -0.2) is 0 Å². The van der Waals surface area contributed by atoms with E-state index in [-0.39, 0.29) is 17.4 Å². The summed E-state index contributed by atoms with van der Waals surface area (Å²) in [6.07, 6.45) is 6.10. The number of aromatic nitrogens is 1. The number of pyridine rings is 1. The van der Waals surface area contributed by atoms with Gasteiger partial charge in [-0.05, 0) is 56.6 Å². The maximum atomic E-state index is 12.6. The molecule has 1 atom stereocenters. The molecule has 1 heterocycles. The Morgan fingerprint density at radius 2 is 1.95 bits per heavy atom. The van der Waals surface area contributed by atoms with Gasteiger partial charge in [0.1, 0.15) is 0 Å². The van der Waals surface area contributed by atoms with Crippen molar-refractivity contribution in [1.29, 1.82) is 0 Å². The average molecular weight is 288 g/mol.